The molecular formula is C18H38OSi. The lowest BCUT2D eigenvalue weighted by molar-refractivity contribution is 0.230. The first-order valence-electron chi connectivity index (χ1n) is 8.72. The van der Waals surface area contributed by atoms with Crippen molar-refractivity contribution in [3.05, 3.63) is 12.2 Å². The Bertz CT molecular complexity index is 246. The molecule has 1 unspecified atom stereocenters. The van der Waals surface area contributed by atoms with Crippen molar-refractivity contribution < 1.29 is 4.43 Å². The Labute approximate surface area is 129 Å². The zero-order chi connectivity index (χ0) is 15.4. The monoisotopic (exact) mass is 298 g/mol. The number of rotatable bonds is 12. The van der Waals surface area contributed by atoms with Gasteiger partial charge in [-0.2, -0.15) is 0 Å². The van der Waals surface area contributed by atoms with E-state index in [1.54, 1.807) is 0 Å². The molecule has 0 fully saturated rings. The fourth-order valence-electron chi connectivity index (χ4n) is 2.56. The molecule has 0 saturated carbocycles. The molecule has 0 rings (SSSR count). The standard InChI is InChI=1S/C18H38OSi/c1-7-8-9-10-11-12-13-14-18(4)15-16-20(5,6)19-17(2)3/h13-14,17-18H,7-12,15-16H2,1-6H3/b14-13+. The first-order valence-corrected chi connectivity index (χ1v) is 11.8. The predicted octanol–water partition coefficient (Wildman–Crippen LogP) is 6.56. The molecule has 0 saturated heterocycles. The zero-order valence-electron chi connectivity index (χ0n) is 14.9. The first-order chi connectivity index (χ1) is 9.37. The van der Waals surface area contributed by atoms with Crippen molar-refractivity contribution in [2.45, 2.75) is 97.9 Å². The largest absolute Gasteiger partial charge is 0.415 e. The highest BCUT2D eigenvalue weighted by Gasteiger charge is 2.23. The highest BCUT2D eigenvalue weighted by molar-refractivity contribution is 6.71. The van der Waals surface area contributed by atoms with Crippen molar-refractivity contribution >= 4 is 8.32 Å². The average molecular weight is 299 g/mol. The van der Waals surface area contributed by atoms with Crippen LogP contribution in [0, 0.1) is 5.92 Å². The molecule has 20 heavy (non-hydrogen) atoms. The minimum Gasteiger partial charge on any atom is -0.415 e. The number of unbranched alkanes of at least 4 members (excludes halogenated alkanes) is 5. The van der Waals surface area contributed by atoms with Gasteiger partial charge in [0.05, 0.1) is 0 Å². The second-order valence-corrected chi connectivity index (χ2v) is 11.3. The maximum absolute atomic E-state index is 6.08. The molecule has 0 spiro atoms. The minimum atomic E-state index is -1.43. The van der Waals surface area contributed by atoms with Gasteiger partial charge in [0.1, 0.15) is 0 Å². The molecule has 0 radical (unpaired) electrons. The molecule has 1 atom stereocenters. The molecule has 120 valence electrons. The quantitative estimate of drug-likeness (QED) is 0.225. The maximum Gasteiger partial charge on any atom is 0.187 e. The van der Waals surface area contributed by atoms with E-state index in [0.717, 1.165) is 0 Å². The van der Waals surface area contributed by atoms with Gasteiger partial charge in [0.15, 0.2) is 8.32 Å². The molecule has 0 aliphatic carbocycles. The third-order valence-corrected chi connectivity index (χ3v) is 6.30. The summed E-state index contributed by atoms with van der Waals surface area (Å²) in [7, 11) is -1.43. The summed E-state index contributed by atoms with van der Waals surface area (Å²) in [4.78, 5) is 0. The molecule has 0 aliphatic rings. The molecule has 0 heterocycles. The highest BCUT2D eigenvalue weighted by atomic mass is 28.4. The molecule has 0 aromatic heterocycles. The summed E-state index contributed by atoms with van der Waals surface area (Å²) in [6.45, 7) is 13.6. The van der Waals surface area contributed by atoms with Crippen LogP contribution in [0.1, 0.15) is 72.6 Å². The van der Waals surface area contributed by atoms with Gasteiger partial charge in [-0.15, -0.1) is 0 Å². The van der Waals surface area contributed by atoms with Gasteiger partial charge >= 0.3 is 0 Å². The topological polar surface area (TPSA) is 9.23 Å². The van der Waals surface area contributed by atoms with Crippen molar-refractivity contribution in [3.8, 4) is 0 Å². The summed E-state index contributed by atoms with van der Waals surface area (Å²) >= 11 is 0. The lowest BCUT2D eigenvalue weighted by atomic mass is 10.1. The Morgan fingerprint density at radius 1 is 1.00 bits per heavy atom. The maximum atomic E-state index is 6.08. The van der Waals surface area contributed by atoms with Gasteiger partial charge < -0.3 is 4.43 Å². The molecule has 0 aromatic carbocycles. The molecule has 1 nitrogen and oxygen atoms in total. The van der Waals surface area contributed by atoms with Crippen LogP contribution in [-0.2, 0) is 4.43 Å². The van der Waals surface area contributed by atoms with E-state index in [2.05, 4.69) is 52.9 Å². The van der Waals surface area contributed by atoms with Gasteiger partial charge in [-0.1, -0.05) is 51.7 Å². The summed E-state index contributed by atoms with van der Waals surface area (Å²) in [5, 5.41) is 0. The molecule has 0 aliphatic heterocycles. The third-order valence-electron chi connectivity index (χ3n) is 3.70. The van der Waals surface area contributed by atoms with Gasteiger partial charge in [-0.3, -0.25) is 0 Å². The van der Waals surface area contributed by atoms with E-state index in [4.69, 9.17) is 4.43 Å². The van der Waals surface area contributed by atoms with E-state index < -0.39 is 8.32 Å². The van der Waals surface area contributed by atoms with Crippen LogP contribution in [0.15, 0.2) is 12.2 Å². The molecule has 2 heteroatoms. The second kappa shape index (κ2) is 11.6. The van der Waals surface area contributed by atoms with Crippen molar-refractivity contribution in [2.75, 3.05) is 0 Å². The van der Waals surface area contributed by atoms with E-state index in [1.165, 1.54) is 51.0 Å². The third kappa shape index (κ3) is 12.9. The highest BCUT2D eigenvalue weighted by Crippen LogP contribution is 2.20. The SMILES string of the molecule is CCCCCCC/C=C/C(C)CC[Si](C)(C)OC(C)C. The van der Waals surface area contributed by atoms with Crippen LogP contribution in [0.5, 0.6) is 0 Å². The Hall–Kier alpha value is -0.0831. The van der Waals surface area contributed by atoms with E-state index in [9.17, 15) is 0 Å². The van der Waals surface area contributed by atoms with Crippen LogP contribution < -0.4 is 0 Å². The van der Waals surface area contributed by atoms with E-state index in [1.807, 2.05) is 0 Å². The zero-order valence-corrected chi connectivity index (χ0v) is 15.9. The predicted molar refractivity (Wildman–Crippen MR) is 94.8 cm³/mol. The van der Waals surface area contributed by atoms with E-state index >= 15 is 0 Å². The molecule has 0 amide bonds. The van der Waals surface area contributed by atoms with E-state index in [0.29, 0.717) is 12.0 Å². The summed E-state index contributed by atoms with van der Waals surface area (Å²) in [6.07, 6.45) is 14.6. The Kier molecular flexibility index (Phi) is 11.5. The van der Waals surface area contributed by atoms with Crippen LogP contribution >= 0.6 is 0 Å². The summed E-state index contributed by atoms with van der Waals surface area (Å²) in [6, 6.07) is 1.27. The van der Waals surface area contributed by atoms with Gasteiger partial charge in [0, 0.05) is 6.10 Å². The summed E-state index contributed by atoms with van der Waals surface area (Å²) in [5.41, 5.74) is 0. The molecule has 0 N–H and O–H groups in total. The molecular weight excluding hydrogens is 260 g/mol. The van der Waals surface area contributed by atoms with Gasteiger partial charge in [-0.05, 0) is 58.2 Å². The average Bonchev–Trinajstić information content (AvgIpc) is 2.34. The molecule has 0 aromatic rings. The lowest BCUT2D eigenvalue weighted by Crippen LogP contribution is -2.33. The van der Waals surface area contributed by atoms with Crippen LogP contribution in [0.25, 0.3) is 0 Å². The van der Waals surface area contributed by atoms with Crippen molar-refractivity contribution in [1.82, 2.24) is 0 Å². The number of hydrogen-bond donors (Lipinski definition) is 0. The van der Waals surface area contributed by atoms with Gasteiger partial charge in [0.25, 0.3) is 0 Å². The van der Waals surface area contributed by atoms with Gasteiger partial charge in [-0.25, -0.2) is 0 Å². The summed E-state index contributed by atoms with van der Waals surface area (Å²) < 4.78 is 6.08. The Morgan fingerprint density at radius 3 is 2.25 bits per heavy atom. The normalized spacial score (nSPS) is 14.3. The smallest absolute Gasteiger partial charge is 0.187 e. The first kappa shape index (κ1) is 19.9. The number of hydrogen-bond acceptors (Lipinski definition) is 1. The second-order valence-electron chi connectivity index (χ2n) is 7.07. The van der Waals surface area contributed by atoms with Crippen LogP contribution in [0.2, 0.25) is 19.1 Å². The number of allylic oxidation sites excluding steroid dienone is 2. The fourth-order valence-corrected chi connectivity index (χ4v) is 5.11. The van der Waals surface area contributed by atoms with Gasteiger partial charge in [0.2, 0.25) is 0 Å². The minimum absolute atomic E-state index is 0.380. The van der Waals surface area contributed by atoms with Crippen LogP contribution in [0.4, 0.5) is 0 Å². The van der Waals surface area contributed by atoms with Crippen LogP contribution in [-0.4, -0.2) is 14.4 Å². The van der Waals surface area contributed by atoms with E-state index in [-0.39, 0.29) is 0 Å². The lowest BCUT2D eigenvalue weighted by Gasteiger charge is -2.26. The molecule has 0 bridgehead atoms. The summed E-state index contributed by atoms with van der Waals surface area (Å²) in [5.74, 6) is 0.702. The van der Waals surface area contributed by atoms with Crippen molar-refractivity contribution in [2.24, 2.45) is 5.92 Å². The Balaban J connectivity index is 3.69. The van der Waals surface area contributed by atoms with Crippen LogP contribution in [0.3, 0.4) is 0 Å². The fraction of sp³-hybridized carbons (Fsp3) is 0.889. The Morgan fingerprint density at radius 2 is 1.65 bits per heavy atom. The van der Waals surface area contributed by atoms with Crippen molar-refractivity contribution in [3.63, 3.8) is 0 Å². The van der Waals surface area contributed by atoms with Crippen molar-refractivity contribution in [1.29, 1.82) is 0 Å².